The van der Waals surface area contributed by atoms with Gasteiger partial charge < -0.3 is 10.1 Å². The molecule has 0 heterocycles. The van der Waals surface area contributed by atoms with Crippen molar-refractivity contribution >= 4 is 22.2 Å². The molecule has 0 aromatic heterocycles. The van der Waals surface area contributed by atoms with E-state index in [9.17, 15) is 4.79 Å². The monoisotopic (exact) mass is 241 g/mol. The molecule has 0 amide bonds. The predicted octanol–water partition coefficient (Wildman–Crippen LogP) is 2.30. The van der Waals surface area contributed by atoms with Crippen molar-refractivity contribution in [2.75, 3.05) is 7.05 Å². The van der Waals surface area contributed by atoms with Gasteiger partial charge in [0.1, 0.15) is 6.29 Å². The number of carbonyl (C=O) groups is 1. The Kier molecular flexibility index (Phi) is 4.12. The molecule has 0 aliphatic carbocycles. The number of carbonyl (C=O) groups excluding carboxylic acids is 1. The van der Waals surface area contributed by atoms with E-state index in [0.29, 0.717) is 6.42 Å². The number of hydrogen-bond donors (Lipinski definition) is 1. The second-order valence-corrected chi connectivity index (χ2v) is 3.71. The number of aldehydes is 1. The van der Waals surface area contributed by atoms with Crippen LogP contribution < -0.4 is 5.32 Å². The predicted molar refractivity (Wildman–Crippen MR) is 56.6 cm³/mol. The van der Waals surface area contributed by atoms with Crippen molar-refractivity contribution in [1.82, 2.24) is 5.32 Å². The molecule has 0 saturated carbocycles. The second-order valence-electron chi connectivity index (χ2n) is 2.80. The fourth-order valence-electron chi connectivity index (χ4n) is 1.21. The lowest BCUT2D eigenvalue weighted by atomic mass is 10.1. The molecule has 1 aromatic carbocycles. The third kappa shape index (κ3) is 2.94. The first kappa shape index (κ1) is 10.4. The molecular formula is C10H12BrNO. The number of nitrogens with one attached hydrogen (secondary N) is 1. The maximum absolute atomic E-state index is 10.4. The molecule has 70 valence electrons. The van der Waals surface area contributed by atoms with Gasteiger partial charge in [0.2, 0.25) is 0 Å². The van der Waals surface area contributed by atoms with Crippen LogP contribution in [-0.4, -0.2) is 13.3 Å². The molecule has 0 aliphatic heterocycles. The van der Waals surface area contributed by atoms with Crippen molar-refractivity contribution in [3.05, 3.63) is 34.3 Å². The highest BCUT2D eigenvalue weighted by atomic mass is 79.9. The number of rotatable bonds is 4. The highest BCUT2D eigenvalue weighted by Crippen LogP contribution is 2.18. The lowest BCUT2D eigenvalue weighted by molar-refractivity contribution is -0.108. The summed E-state index contributed by atoms with van der Waals surface area (Å²) >= 11 is 3.37. The van der Waals surface area contributed by atoms with Gasteiger partial charge in [0, 0.05) is 16.9 Å². The van der Waals surface area contributed by atoms with Gasteiger partial charge in [0.25, 0.3) is 0 Å². The van der Waals surface area contributed by atoms with Gasteiger partial charge in [-0.1, -0.05) is 28.1 Å². The van der Waals surface area contributed by atoms with E-state index in [1.807, 2.05) is 31.3 Å². The zero-order chi connectivity index (χ0) is 9.68. The largest absolute Gasteiger partial charge is 0.313 e. The van der Waals surface area contributed by atoms with Gasteiger partial charge in [-0.15, -0.1) is 0 Å². The summed E-state index contributed by atoms with van der Waals surface area (Å²) in [5.74, 6) is 0. The van der Waals surface area contributed by atoms with E-state index >= 15 is 0 Å². The van der Waals surface area contributed by atoms with E-state index in [2.05, 4.69) is 21.2 Å². The molecule has 0 aliphatic rings. The molecule has 1 aromatic rings. The van der Waals surface area contributed by atoms with Gasteiger partial charge in [-0.05, 0) is 24.7 Å². The van der Waals surface area contributed by atoms with Crippen LogP contribution in [0.4, 0.5) is 0 Å². The molecule has 2 nitrogen and oxygen atoms in total. The highest BCUT2D eigenvalue weighted by molar-refractivity contribution is 9.10. The van der Waals surface area contributed by atoms with Crippen LogP contribution in [0, 0.1) is 0 Å². The van der Waals surface area contributed by atoms with Crippen LogP contribution in [0.3, 0.4) is 0 Å². The lowest BCUT2D eigenvalue weighted by Gasteiger charge is -2.13. The number of hydrogen-bond acceptors (Lipinski definition) is 2. The van der Waals surface area contributed by atoms with Gasteiger partial charge in [-0.3, -0.25) is 0 Å². The zero-order valence-corrected chi connectivity index (χ0v) is 9.04. The van der Waals surface area contributed by atoms with E-state index in [0.717, 1.165) is 16.3 Å². The fourth-order valence-corrected chi connectivity index (χ4v) is 1.48. The third-order valence-electron chi connectivity index (χ3n) is 1.95. The first-order valence-corrected chi connectivity index (χ1v) is 4.93. The van der Waals surface area contributed by atoms with Crippen molar-refractivity contribution in [3.63, 3.8) is 0 Å². The SMILES string of the molecule is CNC(CC=O)c1ccc(Br)cc1. The van der Waals surface area contributed by atoms with Crippen molar-refractivity contribution in [2.45, 2.75) is 12.5 Å². The van der Waals surface area contributed by atoms with Gasteiger partial charge in [0.15, 0.2) is 0 Å². The van der Waals surface area contributed by atoms with Crippen molar-refractivity contribution in [2.24, 2.45) is 0 Å². The van der Waals surface area contributed by atoms with Crippen molar-refractivity contribution < 1.29 is 4.79 Å². The summed E-state index contributed by atoms with van der Waals surface area (Å²) in [6, 6.07) is 8.10. The quantitative estimate of drug-likeness (QED) is 0.821. The molecule has 1 rings (SSSR count). The Labute approximate surface area is 86.5 Å². The Morgan fingerprint density at radius 1 is 1.46 bits per heavy atom. The molecule has 3 heteroatoms. The van der Waals surface area contributed by atoms with Crippen molar-refractivity contribution in [1.29, 1.82) is 0 Å². The summed E-state index contributed by atoms with van der Waals surface area (Å²) in [5, 5.41) is 3.09. The van der Waals surface area contributed by atoms with E-state index in [1.54, 1.807) is 0 Å². The minimum absolute atomic E-state index is 0.130. The van der Waals surface area contributed by atoms with Crippen LogP contribution in [0.5, 0.6) is 0 Å². The fraction of sp³-hybridized carbons (Fsp3) is 0.300. The summed E-state index contributed by atoms with van der Waals surface area (Å²) in [6.07, 6.45) is 1.45. The Hall–Kier alpha value is -0.670. The Morgan fingerprint density at radius 3 is 2.54 bits per heavy atom. The van der Waals surface area contributed by atoms with Gasteiger partial charge >= 0.3 is 0 Å². The van der Waals surface area contributed by atoms with E-state index < -0.39 is 0 Å². The minimum Gasteiger partial charge on any atom is -0.313 e. The van der Waals surface area contributed by atoms with E-state index in [4.69, 9.17) is 0 Å². The topological polar surface area (TPSA) is 29.1 Å². The summed E-state index contributed by atoms with van der Waals surface area (Å²) in [4.78, 5) is 10.4. The summed E-state index contributed by atoms with van der Waals surface area (Å²) < 4.78 is 1.05. The van der Waals surface area contributed by atoms with Crippen LogP contribution in [0.15, 0.2) is 28.7 Å². The van der Waals surface area contributed by atoms with Gasteiger partial charge in [-0.2, -0.15) is 0 Å². The molecule has 13 heavy (non-hydrogen) atoms. The average Bonchev–Trinajstić information content (AvgIpc) is 2.16. The summed E-state index contributed by atoms with van der Waals surface area (Å²) in [6.45, 7) is 0. The average molecular weight is 242 g/mol. The Morgan fingerprint density at radius 2 is 2.08 bits per heavy atom. The highest BCUT2D eigenvalue weighted by Gasteiger charge is 2.06. The molecule has 0 radical (unpaired) electrons. The molecular weight excluding hydrogens is 230 g/mol. The van der Waals surface area contributed by atoms with Gasteiger partial charge in [-0.25, -0.2) is 0 Å². The minimum atomic E-state index is 0.130. The maximum atomic E-state index is 10.4. The Balaban J connectivity index is 2.78. The molecule has 0 bridgehead atoms. The van der Waals surface area contributed by atoms with Crippen LogP contribution in [0.25, 0.3) is 0 Å². The van der Waals surface area contributed by atoms with E-state index in [1.165, 1.54) is 0 Å². The molecule has 1 atom stereocenters. The first-order chi connectivity index (χ1) is 6.27. The van der Waals surface area contributed by atoms with Gasteiger partial charge in [0.05, 0.1) is 0 Å². The Bertz CT molecular complexity index is 271. The second kappa shape index (κ2) is 5.14. The van der Waals surface area contributed by atoms with Crippen LogP contribution in [-0.2, 0) is 4.79 Å². The van der Waals surface area contributed by atoms with Crippen LogP contribution in [0.1, 0.15) is 18.0 Å². The summed E-state index contributed by atoms with van der Waals surface area (Å²) in [5.41, 5.74) is 1.14. The smallest absolute Gasteiger partial charge is 0.121 e. The number of halogens is 1. The molecule has 0 saturated heterocycles. The molecule has 1 unspecified atom stereocenters. The van der Waals surface area contributed by atoms with Crippen LogP contribution in [0.2, 0.25) is 0 Å². The van der Waals surface area contributed by atoms with Crippen molar-refractivity contribution in [3.8, 4) is 0 Å². The standard InChI is InChI=1S/C10H12BrNO/c1-12-10(6-7-13)8-2-4-9(11)5-3-8/h2-5,7,10,12H,6H2,1H3. The third-order valence-corrected chi connectivity index (χ3v) is 2.48. The van der Waals surface area contributed by atoms with Crippen LogP contribution >= 0.6 is 15.9 Å². The van der Waals surface area contributed by atoms with E-state index in [-0.39, 0.29) is 6.04 Å². The lowest BCUT2D eigenvalue weighted by Crippen LogP contribution is -2.16. The maximum Gasteiger partial charge on any atom is 0.121 e. The molecule has 0 spiro atoms. The number of benzene rings is 1. The first-order valence-electron chi connectivity index (χ1n) is 4.14. The zero-order valence-electron chi connectivity index (χ0n) is 7.46. The normalized spacial score (nSPS) is 12.5. The molecule has 0 fully saturated rings. The molecule has 1 N–H and O–H groups in total. The summed E-state index contributed by atoms with van der Waals surface area (Å²) in [7, 11) is 1.86.